The Kier molecular flexibility index (Phi) is 6.96. The highest BCUT2D eigenvalue weighted by Gasteiger charge is 2.36. The minimum absolute atomic E-state index is 0.00927. The van der Waals surface area contributed by atoms with Gasteiger partial charge in [-0.05, 0) is 38.8 Å². The molecule has 0 amide bonds. The summed E-state index contributed by atoms with van der Waals surface area (Å²) in [6.45, 7) is 6.46. The number of hydrogen-bond donors (Lipinski definition) is 1. The first kappa shape index (κ1) is 25.9. The molecule has 12 heteroatoms. The number of alkyl halides is 3. The van der Waals surface area contributed by atoms with Crippen LogP contribution in [0.5, 0.6) is 0 Å². The van der Waals surface area contributed by atoms with Crippen LogP contribution >= 0.6 is 0 Å². The molecule has 3 aromatic rings. The van der Waals surface area contributed by atoms with Crippen molar-refractivity contribution in [2.75, 3.05) is 36.4 Å². The van der Waals surface area contributed by atoms with Gasteiger partial charge in [-0.25, -0.2) is 9.97 Å². The average Bonchev–Trinajstić information content (AvgIpc) is 3.42. The lowest BCUT2D eigenvalue weighted by Gasteiger charge is -2.38. The molecule has 0 radical (unpaired) electrons. The number of pyridine rings is 2. The van der Waals surface area contributed by atoms with E-state index in [1.165, 1.54) is 23.0 Å². The van der Waals surface area contributed by atoms with Gasteiger partial charge >= 0.3 is 6.18 Å². The minimum atomic E-state index is -4.58. The van der Waals surface area contributed by atoms with Crippen LogP contribution in [0.25, 0.3) is 11.0 Å². The molecule has 0 spiro atoms. The molecule has 1 aliphatic carbocycles. The Bertz CT molecular complexity index is 1430. The number of halogens is 3. The molecule has 2 fully saturated rings. The van der Waals surface area contributed by atoms with E-state index < -0.39 is 17.3 Å². The molecular weight excluding hydrogens is 497 g/mol. The number of nitrogens with zero attached hydrogens (tertiary/aromatic N) is 7. The predicted molar refractivity (Wildman–Crippen MR) is 137 cm³/mol. The fourth-order valence-electron chi connectivity index (χ4n) is 5.35. The lowest BCUT2D eigenvalue weighted by atomic mass is 10.1. The van der Waals surface area contributed by atoms with Crippen LogP contribution in [0.4, 0.5) is 30.6 Å². The first-order chi connectivity index (χ1) is 18.2. The van der Waals surface area contributed by atoms with Crippen molar-refractivity contribution >= 4 is 28.5 Å². The fourth-order valence-corrected chi connectivity index (χ4v) is 5.35. The Hall–Kier alpha value is -3.72. The normalized spacial score (nSPS) is 17.3. The van der Waals surface area contributed by atoms with Gasteiger partial charge in [-0.2, -0.15) is 23.4 Å². The summed E-state index contributed by atoms with van der Waals surface area (Å²) in [6, 6.07) is 4.60. The Morgan fingerprint density at radius 2 is 1.79 bits per heavy atom. The number of hydrogen-bond acceptors (Lipinski definition) is 8. The molecule has 200 valence electrons. The lowest BCUT2D eigenvalue weighted by Crippen LogP contribution is -2.49. The van der Waals surface area contributed by atoms with E-state index in [1.54, 1.807) is 4.90 Å². The Morgan fingerprint density at radius 3 is 2.42 bits per heavy atom. The van der Waals surface area contributed by atoms with Crippen LogP contribution in [-0.2, 0) is 6.18 Å². The van der Waals surface area contributed by atoms with Crippen molar-refractivity contribution < 1.29 is 13.2 Å². The molecule has 9 nitrogen and oxygen atoms in total. The Morgan fingerprint density at radius 1 is 1.08 bits per heavy atom. The summed E-state index contributed by atoms with van der Waals surface area (Å²) in [5.74, 6) is -0.0306. The fraction of sp³-hybridized carbons (Fsp3) is 0.500. The second kappa shape index (κ2) is 10.2. The molecule has 4 heterocycles. The summed E-state index contributed by atoms with van der Waals surface area (Å²) < 4.78 is 43.8. The second-order valence-corrected chi connectivity index (χ2v) is 10.1. The highest BCUT2D eigenvalue weighted by molar-refractivity contribution is 5.77. The smallest absolute Gasteiger partial charge is 0.367 e. The van der Waals surface area contributed by atoms with Gasteiger partial charge in [-0.15, -0.1) is 0 Å². The molecule has 38 heavy (non-hydrogen) atoms. The van der Waals surface area contributed by atoms with Crippen LogP contribution in [0, 0.1) is 11.3 Å². The minimum Gasteiger partial charge on any atom is -0.367 e. The zero-order chi connectivity index (χ0) is 27.0. The van der Waals surface area contributed by atoms with E-state index in [0.717, 1.165) is 31.7 Å². The molecule has 1 saturated heterocycles. The van der Waals surface area contributed by atoms with Crippen LogP contribution < -0.4 is 15.8 Å². The van der Waals surface area contributed by atoms with Crippen LogP contribution in [0.15, 0.2) is 29.3 Å². The zero-order valence-corrected chi connectivity index (χ0v) is 21.3. The highest BCUT2D eigenvalue weighted by Crippen LogP contribution is 2.38. The molecule has 1 aliphatic heterocycles. The number of aromatic nitrogens is 4. The van der Waals surface area contributed by atoms with Gasteiger partial charge in [0.2, 0.25) is 5.95 Å². The van der Waals surface area contributed by atoms with E-state index in [1.807, 2.05) is 6.07 Å². The third-order valence-electron chi connectivity index (χ3n) is 7.40. The third-order valence-corrected chi connectivity index (χ3v) is 7.40. The maximum Gasteiger partial charge on any atom is 0.418 e. The van der Waals surface area contributed by atoms with Gasteiger partial charge in [0, 0.05) is 49.8 Å². The molecule has 3 aromatic heterocycles. The largest absolute Gasteiger partial charge is 0.418 e. The number of piperazine rings is 1. The Balaban J connectivity index is 1.48. The van der Waals surface area contributed by atoms with Gasteiger partial charge in [0.15, 0.2) is 0 Å². The summed E-state index contributed by atoms with van der Waals surface area (Å²) >= 11 is 0. The van der Waals surface area contributed by atoms with E-state index in [0.29, 0.717) is 43.3 Å². The average molecular weight is 527 g/mol. The molecule has 0 aromatic carbocycles. The van der Waals surface area contributed by atoms with Crippen molar-refractivity contribution in [3.63, 3.8) is 0 Å². The molecule has 1 saturated carbocycles. The van der Waals surface area contributed by atoms with Crippen molar-refractivity contribution in [3.05, 3.63) is 46.0 Å². The maximum absolute atomic E-state index is 14.1. The van der Waals surface area contributed by atoms with E-state index in [-0.39, 0.29) is 29.1 Å². The zero-order valence-electron chi connectivity index (χ0n) is 21.3. The number of anilines is 3. The van der Waals surface area contributed by atoms with Gasteiger partial charge in [0.05, 0.1) is 17.4 Å². The van der Waals surface area contributed by atoms with Crippen LogP contribution in [-0.4, -0.2) is 56.6 Å². The van der Waals surface area contributed by atoms with E-state index >= 15 is 0 Å². The van der Waals surface area contributed by atoms with Crippen molar-refractivity contribution in [2.45, 2.75) is 57.8 Å². The van der Waals surface area contributed by atoms with E-state index in [9.17, 15) is 23.2 Å². The standard InChI is InChI=1S/C26H29F3N8O/c1-16(2)35-7-9-36(10-8-35)21-15-31-22(12-20(21)26(27,28)29)33-25-32-14-18-11-17(13-30)24(38)37(23(18)34-25)19-5-3-4-6-19/h11-12,14-16,19H,3-10H2,1-2H3,(H,31,32,33,34). The molecular formula is C26H29F3N8O. The van der Waals surface area contributed by atoms with Crippen molar-refractivity contribution in [3.8, 4) is 6.07 Å². The summed E-state index contributed by atoms with van der Waals surface area (Å²) in [5, 5.41) is 12.7. The molecule has 5 rings (SSSR count). The van der Waals surface area contributed by atoms with Crippen LogP contribution in [0.1, 0.15) is 56.7 Å². The van der Waals surface area contributed by atoms with Gasteiger partial charge in [0.25, 0.3) is 5.56 Å². The summed E-state index contributed by atoms with van der Waals surface area (Å²) in [4.78, 5) is 29.9. The lowest BCUT2D eigenvalue weighted by molar-refractivity contribution is -0.137. The third kappa shape index (κ3) is 5.03. The van der Waals surface area contributed by atoms with Crippen molar-refractivity contribution in [1.82, 2.24) is 24.4 Å². The second-order valence-electron chi connectivity index (χ2n) is 10.1. The number of rotatable bonds is 5. The molecule has 0 unspecified atom stereocenters. The highest BCUT2D eigenvalue weighted by atomic mass is 19.4. The SMILES string of the molecule is CC(C)N1CCN(c2cnc(Nc3ncc4cc(C#N)c(=O)n(C5CCCC5)c4n3)cc2C(F)(F)F)CC1. The molecule has 0 atom stereocenters. The predicted octanol–water partition coefficient (Wildman–Crippen LogP) is 4.47. The number of fused-ring (bicyclic) bond motifs is 1. The van der Waals surface area contributed by atoms with E-state index in [4.69, 9.17) is 0 Å². The monoisotopic (exact) mass is 526 g/mol. The van der Waals surface area contributed by atoms with Crippen LogP contribution in [0.2, 0.25) is 0 Å². The number of nitrogens with one attached hydrogen (secondary N) is 1. The molecule has 2 aliphatic rings. The molecule has 0 bridgehead atoms. The van der Waals surface area contributed by atoms with E-state index in [2.05, 4.69) is 39.0 Å². The van der Waals surface area contributed by atoms with Gasteiger partial charge in [-0.1, -0.05) is 12.8 Å². The van der Waals surface area contributed by atoms with Gasteiger partial charge in [-0.3, -0.25) is 14.3 Å². The Labute approximate surface area is 217 Å². The summed E-state index contributed by atoms with van der Waals surface area (Å²) in [5.41, 5.74) is -0.805. The van der Waals surface area contributed by atoms with Crippen molar-refractivity contribution in [2.24, 2.45) is 0 Å². The topological polar surface area (TPSA) is 103 Å². The summed E-state index contributed by atoms with van der Waals surface area (Å²) in [6.07, 6.45) is 1.64. The molecule has 1 N–H and O–H groups in total. The first-order valence-corrected chi connectivity index (χ1v) is 12.8. The first-order valence-electron chi connectivity index (χ1n) is 12.8. The van der Waals surface area contributed by atoms with Gasteiger partial charge < -0.3 is 10.2 Å². The summed E-state index contributed by atoms with van der Waals surface area (Å²) in [7, 11) is 0. The quantitative estimate of drug-likeness (QED) is 0.520. The maximum atomic E-state index is 14.1. The van der Waals surface area contributed by atoms with Crippen LogP contribution in [0.3, 0.4) is 0 Å². The van der Waals surface area contributed by atoms with Gasteiger partial charge in [0.1, 0.15) is 23.1 Å². The number of nitriles is 1. The van der Waals surface area contributed by atoms with Crippen molar-refractivity contribution in [1.29, 1.82) is 5.26 Å².